The quantitative estimate of drug-likeness (QED) is 0.683. The van der Waals surface area contributed by atoms with E-state index >= 15 is 0 Å². The van der Waals surface area contributed by atoms with E-state index in [4.69, 9.17) is 0 Å². The zero-order chi connectivity index (χ0) is 15.4. The predicted molar refractivity (Wildman–Crippen MR) is 85.1 cm³/mol. The highest BCUT2D eigenvalue weighted by Crippen LogP contribution is 2.27. The number of amides is 1. The Morgan fingerprint density at radius 2 is 2.33 bits per heavy atom. The number of nitrogens with one attached hydrogen (secondary N) is 1. The van der Waals surface area contributed by atoms with Crippen LogP contribution < -0.4 is 5.32 Å². The first kappa shape index (κ1) is 15.6. The average molecular weight is 309 g/mol. The van der Waals surface area contributed by atoms with Crippen LogP contribution in [0.25, 0.3) is 0 Å². The van der Waals surface area contributed by atoms with Gasteiger partial charge in [-0.25, -0.2) is 0 Å². The van der Waals surface area contributed by atoms with Crippen molar-refractivity contribution in [3.63, 3.8) is 0 Å². The molecule has 1 aliphatic rings. The molecule has 2 rings (SSSR count). The summed E-state index contributed by atoms with van der Waals surface area (Å²) in [4.78, 5) is 25.0. The number of benzene rings is 1. The molecule has 1 unspecified atom stereocenters. The highest BCUT2D eigenvalue weighted by Gasteiger charge is 2.26. The van der Waals surface area contributed by atoms with Crippen LogP contribution in [0.3, 0.4) is 0 Å². The molecule has 1 amide bonds. The molecule has 1 aromatic carbocycles. The maximum Gasteiger partial charge on any atom is 0.293 e. The molecule has 1 heterocycles. The summed E-state index contributed by atoms with van der Waals surface area (Å²) in [6.07, 6.45) is 0. The Kier molecular flexibility index (Phi) is 5.06. The average Bonchev–Trinajstić information content (AvgIpc) is 2.47. The Labute approximate surface area is 128 Å². The zero-order valence-corrected chi connectivity index (χ0v) is 13.0. The SMILES string of the molecule is CCNc1ccc(C(=O)N2CCSCC2C)cc1[N+](=O)[O-]. The van der Waals surface area contributed by atoms with E-state index < -0.39 is 4.92 Å². The molecule has 0 aliphatic carbocycles. The summed E-state index contributed by atoms with van der Waals surface area (Å²) >= 11 is 1.82. The largest absolute Gasteiger partial charge is 0.380 e. The number of thioether (sulfide) groups is 1. The van der Waals surface area contributed by atoms with Crippen LogP contribution in [-0.4, -0.2) is 46.4 Å². The lowest BCUT2D eigenvalue weighted by Crippen LogP contribution is -2.44. The Morgan fingerprint density at radius 1 is 1.57 bits per heavy atom. The second kappa shape index (κ2) is 6.80. The molecule has 0 aromatic heterocycles. The number of hydrogen-bond donors (Lipinski definition) is 1. The van der Waals surface area contributed by atoms with E-state index in [1.807, 2.05) is 25.6 Å². The van der Waals surface area contributed by atoms with E-state index in [0.717, 1.165) is 11.5 Å². The van der Waals surface area contributed by atoms with Gasteiger partial charge in [-0.2, -0.15) is 11.8 Å². The van der Waals surface area contributed by atoms with Gasteiger partial charge in [-0.05, 0) is 26.0 Å². The van der Waals surface area contributed by atoms with Gasteiger partial charge in [-0.15, -0.1) is 0 Å². The first-order valence-electron chi connectivity index (χ1n) is 6.95. The van der Waals surface area contributed by atoms with Crippen LogP contribution in [0, 0.1) is 10.1 Å². The maximum atomic E-state index is 12.5. The molecule has 114 valence electrons. The van der Waals surface area contributed by atoms with Gasteiger partial charge in [0.05, 0.1) is 4.92 Å². The van der Waals surface area contributed by atoms with Gasteiger partial charge in [0.15, 0.2) is 0 Å². The van der Waals surface area contributed by atoms with E-state index in [-0.39, 0.29) is 17.6 Å². The van der Waals surface area contributed by atoms with Gasteiger partial charge < -0.3 is 10.2 Å². The highest BCUT2D eigenvalue weighted by molar-refractivity contribution is 7.99. The molecule has 1 aliphatic heterocycles. The standard InChI is InChI=1S/C14H19N3O3S/c1-3-15-12-5-4-11(8-13(12)17(19)20)14(18)16-6-7-21-9-10(16)2/h4-5,8,10,15H,3,6-7,9H2,1-2H3. The maximum absolute atomic E-state index is 12.5. The second-order valence-electron chi connectivity index (χ2n) is 4.94. The fraction of sp³-hybridized carbons (Fsp3) is 0.500. The number of carbonyl (C=O) groups is 1. The number of nitrogens with zero attached hydrogens (tertiary/aromatic N) is 2. The number of anilines is 1. The molecule has 0 saturated carbocycles. The number of nitro benzene ring substituents is 1. The van der Waals surface area contributed by atoms with E-state index in [2.05, 4.69) is 5.32 Å². The lowest BCUT2D eigenvalue weighted by molar-refractivity contribution is -0.384. The Balaban J connectivity index is 2.29. The van der Waals surface area contributed by atoms with Crippen molar-refractivity contribution in [2.24, 2.45) is 0 Å². The Hall–Kier alpha value is -1.76. The molecule has 0 bridgehead atoms. The molecule has 1 atom stereocenters. The van der Waals surface area contributed by atoms with Crippen LogP contribution in [0.15, 0.2) is 18.2 Å². The third-order valence-corrected chi connectivity index (χ3v) is 4.63. The first-order chi connectivity index (χ1) is 10.0. The minimum Gasteiger partial charge on any atom is -0.380 e. The Morgan fingerprint density at radius 3 is 2.95 bits per heavy atom. The lowest BCUT2D eigenvalue weighted by atomic mass is 10.1. The van der Waals surface area contributed by atoms with Crippen molar-refractivity contribution in [2.45, 2.75) is 19.9 Å². The summed E-state index contributed by atoms with van der Waals surface area (Å²) < 4.78 is 0. The molecule has 0 radical (unpaired) electrons. The number of hydrogen-bond acceptors (Lipinski definition) is 5. The van der Waals surface area contributed by atoms with Gasteiger partial charge in [0, 0.05) is 42.3 Å². The number of rotatable bonds is 4. The summed E-state index contributed by atoms with van der Waals surface area (Å²) in [7, 11) is 0. The third kappa shape index (κ3) is 3.47. The molecule has 1 fully saturated rings. The molecular formula is C14H19N3O3S. The van der Waals surface area contributed by atoms with Crippen molar-refractivity contribution >= 4 is 29.0 Å². The molecule has 1 aromatic rings. The lowest BCUT2D eigenvalue weighted by Gasteiger charge is -2.33. The van der Waals surface area contributed by atoms with E-state index in [0.29, 0.717) is 24.3 Å². The second-order valence-corrected chi connectivity index (χ2v) is 6.09. The topological polar surface area (TPSA) is 75.5 Å². The van der Waals surface area contributed by atoms with Crippen LogP contribution in [0.2, 0.25) is 0 Å². The van der Waals surface area contributed by atoms with Gasteiger partial charge in [0.1, 0.15) is 5.69 Å². The molecule has 7 heteroatoms. The van der Waals surface area contributed by atoms with Gasteiger partial charge in [0.25, 0.3) is 11.6 Å². The van der Waals surface area contributed by atoms with E-state index in [1.54, 1.807) is 17.0 Å². The summed E-state index contributed by atoms with van der Waals surface area (Å²) in [5.41, 5.74) is 0.769. The fourth-order valence-corrected chi connectivity index (χ4v) is 3.36. The normalized spacial score (nSPS) is 18.4. The van der Waals surface area contributed by atoms with Gasteiger partial charge in [0.2, 0.25) is 0 Å². The van der Waals surface area contributed by atoms with Crippen molar-refractivity contribution in [3.05, 3.63) is 33.9 Å². The predicted octanol–water partition coefficient (Wildman–Crippen LogP) is 2.60. The van der Waals surface area contributed by atoms with Gasteiger partial charge >= 0.3 is 0 Å². The minimum atomic E-state index is -0.454. The van der Waals surface area contributed by atoms with Crippen LogP contribution >= 0.6 is 11.8 Å². The van der Waals surface area contributed by atoms with Gasteiger partial charge in [-0.1, -0.05) is 0 Å². The van der Waals surface area contributed by atoms with Crippen molar-refractivity contribution in [3.8, 4) is 0 Å². The van der Waals surface area contributed by atoms with Crippen LogP contribution in [0.1, 0.15) is 24.2 Å². The first-order valence-corrected chi connectivity index (χ1v) is 8.11. The van der Waals surface area contributed by atoms with E-state index in [1.165, 1.54) is 6.07 Å². The monoisotopic (exact) mass is 309 g/mol. The van der Waals surface area contributed by atoms with Crippen molar-refractivity contribution < 1.29 is 9.72 Å². The fourth-order valence-electron chi connectivity index (χ4n) is 2.35. The smallest absolute Gasteiger partial charge is 0.293 e. The van der Waals surface area contributed by atoms with Crippen LogP contribution in [-0.2, 0) is 0 Å². The summed E-state index contributed by atoms with van der Waals surface area (Å²) in [6, 6.07) is 4.79. The number of carbonyl (C=O) groups excluding carboxylic acids is 1. The zero-order valence-electron chi connectivity index (χ0n) is 12.2. The summed E-state index contributed by atoms with van der Waals surface area (Å²) in [5, 5.41) is 14.1. The summed E-state index contributed by atoms with van der Waals surface area (Å²) in [6.45, 7) is 5.16. The van der Waals surface area contributed by atoms with Crippen LogP contribution in [0.4, 0.5) is 11.4 Å². The van der Waals surface area contributed by atoms with Gasteiger partial charge in [-0.3, -0.25) is 14.9 Å². The minimum absolute atomic E-state index is 0.0539. The van der Waals surface area contributed by atoms with Crippen LogP contribution in [0.5, 0.6) is 0 Å². The Bertz CT molecular complexity index is 550. The molecule has 0 spiro atoms. The third-order valence-electron chi connectivity index (χ3n) is 3.44. The van der Waals surface area contributed by atoms with E-state index in [9.17, 15) is 14.9 Å². The van der Waals surface area contributed by atoms with Crippen molar-refractivity contribution in [1.29, 1.82) is 0 Å². The molecule has 6 nitrogen and oxygen atoms in total. The van der Waals surface area contributed by atoms with Crippen molar-refractivity contribution in [2.75, 3.05) is 29.9 Å². The molecule has 1 N–H and O–H groups in total. The molecule has 1 saturated heterocycles. The highest BCUT2D eigenvalue weighted by atomic mass is 32.2. The summed E-state index contributed by atoms with van der Waals surface area (Å²) in [5.74, 6) is 1.69. The van der Waals surface area contributed by atoms with Crippen molar-refractivity contribution in [1.82, 2.24) is 4.90 Å². The number of nitro groups is 1. The molecule has 21 heavy (non-hydrogen) atoms. The molecular weight excluding hydrogens is 290 g/mol.